The van der Waals surface area contributed by atoms with E-state index in [0.717, 1.165) is 35.5 Å². The van der Waals surface area contributed by atoms with Gasteiger partial charge < -0.3 is 9.47 Å². The van der Waals surface area contributed by atoms with Gasteiger partial charge in [-0.2, -0.15) is 0 Å². The van der Waals surface area contributed by atoms with E-state index in [-0.39, 0.29) is 6.10 Å². The average molecular weight is 310 g/mol. The lowest BCUT2D eigenvalue weighted by atomic mass is 10.1. The molecular formula is C15H16ClNO2S. The van der Waals surface area contributed by atoms with Crippen molar-refractivity contribution in [3.05, 3.63) is 45.6 Å². The van der Waals surface area contributed by atoms with Crippen LogP contribution in [0.3, 0.4) is 0 Å². The van der Waals surface area contributed by atoms with Crippen LogP contribution in [0, 0.1) is 0 Å². The topological polar surface area (TPSA) is 21.7 Å². The Kier molecular flexibility index (Phi) is 4.15. The molecule has 0 N–H and O–H groups in total. The zero-order chi connectivity index (χ0) is 13.9. The maximum atomic E-state index is 5.96. The lowest BCUT2D eigenvalue weighted by molar-refractivity contribution is 0.0137. The summed E-state index contributed by atoms with van der Waals surface area (Å²) in [6, 6.07) is 11.8. The molecule has 1 saturated heterocycles. The first-order chi connectivity index (χ1) is 9.74. The highest BCUT2D eigenvalue weighted by atomic mass is 35.5. The number of hydrogen-bond acceptors (Lipinski definition) is 4. The summed E-state index contributed by atoms with van der Waals surface area (Å²) in [5, 5.41) is 0. The normalized spacial score (nSPS) is 15.9. The van der Waals surface area contributed by atoms with Gasteiger partial charge in [0.1, 0.15) is 6.10 Å². The van der Waals surface area contributed by atoms with Gasteiger partial charge in [0.15, 0.2) is 11.5 Å². The van der Waals surface area contributed by atoms with E-state index >= 15 is 0 Å². The molecule has 0 bridgehead atoms. The monoisotopic (exact) mass is 309 g/mol. The molecule has 1 aromatic carbocycles. The van der Waals surface area contributed by atoms with E-state index in [1.54, 1.807) is 18.4 Å². The Balaban J connectivity index is 1.51. The molecule has 0 atom stereocenters. The Morgan fingerprint density at radius 1 is 1.20 bits per heavy atom. The number of benzene rings is 1. The van der Waals surface area contributed by atoms with E-state index in [0.29, 0.717) is 0 Å². The van der Waals surface area contributed by atoms with E-state index in [1.165, 1.54) is 4.88 Å². The smallest absolute Gasteiger partial charge is 0.161 e. The van der Waals surface area contributed by atoms with Crippen LogP contribution in [0.4, 0.5) is 0 Å². The van der Waals surface area contributed by atoms with Crippen LogP contribution >= 0.6 is 22.9 Å². The third-order valence-corrected chi connectivity index (χ3v) is 4.51. The Morgan fingerprint density at radius 2 is 1.95 bits per heavy atom. The summed E-state index contributed by atoms with van der Waals surface area (Å²) in [7, 11) is 1.66. The molecule has 0 unspecified atom stereocenters. The first kappa shape index (κ1) is 13.7. The molecule has 1 fully saturated rings. The molecule has 20 heavy (non-hydrogen) atoms. The maximum Gasteiger partial charge on any atom is 0.161 e. The predicted octanol–water partition coefficient (Wildman–Crippen LogP) is 3.67. The standard InChI is InChI=1S/C15H16ClNO2S/c1-18-13-4-2-3-5-14(13)19-11-8-17(9-11)10-12-6-7-15(16)20-12/h2-7,11H,8-10H2,1H3. The summed E-state index contributed by atoms with van der Waals surface area (Å²) in [6.07, 6.45) is 0.238. The Hall–Kier alpha value is -1.23. The zero-order valence-corrected chi connectivity index (χ0v) is 12.8. The lowest BCUT2D eigenvalue weighted by Gasteiger charge is -2.38. The predicted molar refractivity (Wildman–Crippen MR) is 82.0 cm³/mol. The van der Waals surface area contributed by atoms with Gasteiger partial charge in [0.25, 0.3) is 0 Å². The van der Waals surface area contributed by atoms with Gasteiger partial charge in [-0.1, -0.05) is 23.7 Å². The summed E-state index contributed by atoms with van der Waals surface area (Å²) in [4.78, 5) is 3.65. The molecule has 0 amide bonds. The van der Waals surface area contributed by atoms with Gasteiger partial charge in [-0.25, -0.2) is 0 Å². The van der Waals surface area contributed by atoms with E-state index in [9.17, 15) is 0 Å². The first-order valence-electron chi connectivity index (χ1n) is 6.51. The minimum absolute atomic E-state index is 0.238. The molecule has 2 aromatic rings. The van der Waals surface area contributed by atoms with Crippen LogP contribution in [0.25, 0.3) is 0 Å². The number of hydrogen-bond donors (Lipinski definition) is 0. The van der Waals surface area contributed by atoms with Crippen molar-refractivity contribution in [2.45, 2.75) is 12.6 Å². The van der Waals surface area contributed by atoms with Crippen LogP contribution in [0.5, 0.6) is 11.5 Å². The molecule has 106 valence electrons. The summed E-state index contributed by atoms with van der Waals surface area (Å²) in [5.41, 5.74) is 0. The molecular weight excluding hydrogens is 294 g/mol. The number of para-hydroxylation sites is 2. The molecule has 3 rings (SSSR count). The molecule has 1 aliphatic rings. The molecule has 1 aromatic heterocycles. The maximum absolute atomic E-state index is 5.96. The van der Waals surface area contributed by atoms with Crippen molar-refractivity contribution < 1.29 is 9.47 Å². The van der Waals surface area contributed by atoms with Crippen molar-refractivity contribution in [2.24, 2.45) is 0 Å². The van der Waals surface area contributed by atoms with Gasteiger partial charge in [0.05, 0.1) is 11.4 Å². The number of rotatable bonds is 5. The Labute approximate surface area is 127 Å². The van der Waals surface area contributed by atoms with E-state index in [2.05, 4.69) is 11.0 Å². The second-order valence-electron chi connectivity index (χ2n) is 4.79. The number of halogens is 1. The highest BCUT2D eigenvalue weighted by Crippen LogP contribution is 2.30. The van der Waals surface area contributed by atoms with E-state index in [4.69, 9.17) is 21.1 Å². The Bertz CT molecular complexity index is 581. The molecule has 5 heteroatoms. The molecule has 2 heterocycles. The number of ether oxygens (including phenoxy) is 2. The van der Waals surface area contributed by atoms with Crippen molar-refractivity contribution in [2.75, 3.05) is 20.2 Å². The van der Waals surface area contributed by atoms with Gasteiger partial charge in [-0.15, -0.1) is 11.3 Å². The lowest BCUT2D eigenvalue weighted by Crippen LogP contribution is -2.52. The van der Waals surface area contributed by atoms with Crippen LogP contribution in [-0.2, 0) is 6.54 Å². The fraction of sp³-hybridized carbons (Fsp3) is 0.333. The fourth-order valence-corrected chi connectivity index (χ4v) is 3.41. The molecule has 0 aliphatic carbocycles. The van der Waals surface area contributed by atoms with Crippen molar-refractivity contribution in [3.8, 4) is 11.5 Å². The molecule has 0 spiro atoms. The number of nitrogens with zero attached hydrogens (tertiary/aromatic N) is 1. The third-order valence-electron chi connectivity index (χ3n) is 3.29. The highest BCUT2D eigenvalue weighted by molar-refractivity contribution is 7.16. The van der Waals surface area contributed by atoms with Crippen LogP contribution in [-0.4, -0.2) is 31.2 Å². The largest absolute Gasteiger partial charge is 0.493 e. The summed E-state index contributed by atoms with van der Waals surface area (Å²) in [6.45, 7) is 2.82. The Morgan fingerprint density at radius 3 is 2.60 bits per heavy atom. The van der Waals surface area contributed by atoms with Crippen molar-refractivity contribution >= 4 is 22.9 Å². The molecule has 0 radical (unpaired) electrons. The number of likely N-dealkylation sites (tertiary alicyclic amines) is 1. The quantitative estimate of drug-likeness (QED) is 0.841. The number of thiophene rings is 1. The fourth-order valence-electron chi connectivity index (χ4n) is 2.28. The second-order valence-corrected chi connectivity index (χ2v) is 6.59. The van der Waals surface area contributed by atoms with Crippen LogP contribution in [0.1, 0.15) is 4.88 Å². The summed E-state index contributed by atoms with van der Waals surface area (Å²) >= 11 is 7.58. The first-order valence-corrected chi connectivity index (χ1v) is 7.70. The number of methoxy groups -OCH3 is 1. The van der Waals surface area contributed by atoms with Gasteiger partial charge in [0.2, 0.25) is 0 Å². The SMILES string of the molecule is COc1ccccc1OC1CN(Cc2ccc(Cl)s2)C1. The average Bonchev–Trinajstić information content (AvgIpc) is 2.82. The van der Waals surface area contributed by atoms with Gasteiger partial charge in [-0.3, -0.25) is 4.90 Å². The van der Waals surface area contributed by atoms with Crippen LogP contribution in [0.2, 0.25) is 4.34 Å². The van der Waals surface area contributed by atoms with Crippen molar-refractivity contribution in [3.63, 3.8) is 0 Å². The van der Waals surface area contributed by atoms with Crippen LogP contribution in [0.15, 0.2) is 36.4 Å². The van der Waals surface area contributed by atoms with Crippen molar-refractivity contribution in [1.29, 1.82) is 0 Å². The van der Waals surface area contributed by atoms with Gasteiger partial charge in [0, 0.05) is 24.5 Å². The summed E-state index contributed by atoms with van der Waals surface area (Å²) < 4.78 is 12.1. The van der Waals surface area contributed by atoms with Gasteiger partial charge in [-0.05, 0) is 24.3 Å². The van der Waals surface area contributed by atoms with Gasteiger partial charge >= 0.3 is 0 Å². The summed E-state index contributed by atoms with van der Waals surface area (Å²) in [5.74, 6) is 1.61. The second kappa shape index (κ2) is 6.04. The molecule has 3 nitrogen and oxygen atoms in total. The zero-order valence-electron chi connectivity index (χ0n) is 11.2. The molecule has 0 saturated carbocycles. The van der Waals surface area contributed by atoms with E-state index in [1.807, 2.05) is 30.3 Å². The van der Waals surface area contributed by atoms with Crippen molar-refractivity contribution in [1.82, 2.24) is 4.90 Å². The highest BCUT2D eigenvalue weighted by Gasteiger charge is 2.29. The minimum atomic E-state index is 0.238. The van der Waals surface area contributed by atoms with E-state index < -0.39 is 0 Å². The third kappa shape index (κ3) is 3.08. The minimum Gasteiger partial charge on any atom is -0.493 e. The van der Waals surface area contributed by atoms with Crippen LogP contribution < -0.4 is 9.47 Å². The molecule has 1 aliphatic heterocycles.